The SMILES string of the molecule is COc1cccc(C(=O)O[C@@H](C(=O)O)[C@@H](OC(=O)c2cccc(OC)c2)C(=O)Nc2ccccc2I)c1. The fourth-order valence-electron chi connectivity index (χ4n) is 3.13. The Bertz CT molecular complexity index is 1310. The maximum atomic E-state index is 13.2. The van der Waals surface area contributed by atoms with Crippen molar-refractivity contribution in [1.82, 2.24) is 0 Å². The molecule has 0 aliphatic rings. The number of carboxylic acids is 1. The predicted octanol–water partition coefficient (Wildman–Crippen LogP) is 3.78. The van der Waals surface area contributed by atoms with Gasteiger partial charge in [-0.15, -0.1) is 0 Å². The molecule has 11 heteroatoms. The monoisotopic (exact) mass is 619 g/mol. The number of carbonyl (C=O) groups excluding carboxylic acids is 3. The van der Waals surface area contributed by atoms with Gasteiger partial charge < -0.3 is 29.4 Å². The minimum Gasteiger partial charge on any atom is -0.497 e. The number of hydrogen-bond acceptors (Lipinski definition) is 8. The van der Waals surface area contributed by atoms with Crippen LogP contribution in [0.3, 0.4) is 0 Å². The van der Waals surface area contributed by atoms with Crippen LogP contribution in [0.25, 0.3) is 0 Å². The summed E-state index contributed by atoms with van der Waals surface area (Å²) in [4.78, 5) is 51.1. The lowest BCUT2D eigenvalue weighted by Gasteiger charge is -2.24. The first-order valence-corrected chi connectivity index (χ1v) is 11.8. The van der Waals surface area contributed by atoms with E-state index in [0.29, 0.717) is 20.8 Å². The number of carboxylic acid groups (broad SMARTS) is 1. The lowest BCUT2D eigenvalue weighted by atomic mass is 10.1. The van der Waals surface area contributed by atoms with E-state index in [1.165, 1.54) is 50.6 Å². The molecule has 0 aliphatic carbocycles. The van der Waals surface area contributed by atoms with Gasteiger partial charge in [0.25, 0.3) is 5.91 Å². The van der Waals surface area contributed by atoms with Crippen LogP contribution in [-0.4, -0.2) is 55.3 Å². The van der Waals surface area contributed by atoms with Crippen LogP contribution in [0.4, 0.5) is 5.69 Å². The molecule has 192 valence electrons. The first kappa shape index (κ1) is 27.5. The highest BCUT2D eigenvalue weighted by Crippen LogP contribution is 2.21. The third-order valence-corrected chi connectivity index (χ3v) is 5.93. The van der Waals surface area contributed by atoms with Crippen molar-refractivity contribution in [2.45, 2.75) is 12.2 Å². The van der Waals surface area contributed by atoms with Crippen LogP contribution >= 0.6 is 22.6 Å². The first-order chi connectivity index (χ1) is 17.7. The molecule has 3 aromatic carbocycles. The summed E-state index contributed by atoms with van der Waals surface area (Å²) in [5.41, 5.74) is 0.315. The fraction of sp³-hybridized carbons (Fsp3) is 0.154. The van der Waals surface area contributed by atoms with E-state index in [0.717, 1.165) is 0 Å². The lowest BCUT2D eigenvalue weighted by Crippen LogP contribution is -2.48. The number of esters is 2. The molecule has 0 bridgehead atoms. The highest BCUT2D eigenvalue weighted by Gasteiger charge is 2.41. The molecule has 0 heterocycles. The fourth-order valence-corrected chi connectivity index (χ4v) is 3.65. The number of benzene rings is 3. The Morgan fingerprint density at radius 1 is 0.757 bits per heavy atom. The lowest BCUT2D eigenvalue weighted by molar-refractivity contribution is -0.157. The number of ether oxygens (including phenoxy) is 4. The average Bonchev–Trinajstić information content (AvgIpc) is 2.91. The van der Waals surface area contributed by atoms with Gasteiger partial charge in [-0.3, -0.25) is 4.79 Å². The normalized spacial score (nSPS) is 12.0. The smallest absolute Gasteiger partial charge is 0.349 e. The molecule has 0 saturated carbocycles. The zero-order valence-corrected chi connectivity index (χ0v) is 21.8. The molecule has 0 saturated heterocycles. The number of anilines is 1. The molecule has 2 atom stereocenters. The summed E-state index contributed by atoms with van der Waals surface area (Å²) in [5.74, 6) is -4.11. The number of halogens is 1. The van der Waals surface area contributed by atoms with Gasteiger partial charge in [0.05, 0.1) is 31.0 Å². The third-order valence-electron chi connectivity index (χ3n) is 4.99. The van der Waals surface area contributed by atoms with Gasteiger partial charge in [0, 0.05) is 3.57 Å². The number of hydrogen-bond donors (Lipinski definition) is 2. The summed E-state index contributed by atoms with van der Waals surface area (Å²) in [5, 5.41) is 12.4. The van der Waals surface area contributed by atoms with E-state index in [9.17, 15) is 24.3 Å². The van der Waals surface area contributed by atoms with Crippen LogP contribution in [0.15, 0.2) is 72.8 Å². The quantitative estimate of drug-likeness (QED) is 0.257. The van der Waals surface area contributed by atoms with Gasteiger partial charge in [0.1, 0.15) is 11.5 Å². The van der Waals surface area contributed by atoms with Crippen LogP contribution in [0.5, 0.6) is 11.5 Å². The summed E-state index contributed by atoms with van der Waals surface area (Å²) >= 11 is 1.97. The second-order valence-electron chi connectivity index (χ2n) is 7.42. The molecular formula is C26H22INO9. The van der Waals surface area contributed by atoms with E-state index in [1.54, 1.807) is 36.4 Å². The Labute approximate surface area is 225 Å². The second-order valence-corrected chi connectivity index (χ2v) is 8.59. The van der Waals surface area contributed by atoms with Crippen LogP contribution in [0.1, 0.15) is 20.7 Å². The summed E-state index contributed by atoms with van der Waals surface area (Å²) in [6, 6.07) is 18.4. The van der Waals surface area contributed by atoms with Crippen LogP contribution in [-0.2, 0) is 19.1 Å². The Morgan fingerprint density at radius 2 is 1.27 bits per heavy atom. The Hall–Kier alpha value is -4.13. The van der Waals surface area contributed by atoms with Crippen molar-refractivity contribution in [2.24, 2.45) is 0 Å². The molecule has 0 unspecified atom stereocenters. The number of aliphatic carboxylic acids is 1. The third kappa shape index (κ3) is 7.19. The number of methoxy groups -OCH3 is 2. The Balaban J connectivity index is 1.94. The largest absolute Gasteiger partial charge is 0.497 e. The van der Waals surface area contributed by atoms with Gasteiger partial charge in [-0.25, -0.2) is 14.4 Å². The van der Waals surface area contributed by atoms with Crippen LogP contribution in [0, 0.1) is 3.57 Å². The molecule has 0 aliphatic heterocycles. The van der Waals surface area contributed by atoms with Crippen molar-refractivity contribution in [3.63, 3.8) is 0 Å². The van der Waals surface area contributed by atoms with Gasteiger partial charge >= 0.3 is 17.9 Å². The highest BCUT2D eigenvalue weighted by atomic mass is 127. The minimum atomic E-state index is -2.17. The molecule has 0 radical (unpaired) electrons. The molecule has 2 N–H and O–H groups in total. The van der Waals surface area contributed by atoms with Gasteiger partial charge in [-0.05, 0) is 71.1 Å². The summed E-state index contributed by atoms with van der Waals surface area (Å²) in [6.07, 6.45) is -4.21. The maximum absolute atomic E-state index is 13.2. The molecule has 3 rings (SSSR count). The molecule has 1 amide bonds. The Kier molecular flexibility index (Phi) is 9.44. The van der Waals surface area contributed by atoms with Crippen molar-refractivity contribution in [2.75, 3.05) is 19.5 Å². The standard InChI is InChI=1S/C26H22INO9/c1-34-17-9-5-7-15(13-17)25(32)36-21(23(29)28-20-12-4-3-11-19(20)27)22(24(30)31)37-26(33)16-8-6-10-18(14-16)35-2/h3-14,21-22H,1-2H3,(H,28,29)(H,30,31)/t21-,22-/m1/s1. The van der Waals surface area contributed by atoms with Crippen LogP contribution < -0.4 is 14.8 Å². The van der Waals surface area contributed by atoms with Crippen molar-refractivity contribution < 1.29 is 43.2 Å². The van der Waals surface area contributed by atoms with E-state index in [-0.39, 0.29) is 11.1 Å². The number of nitrogens with one attached hydrogen (secondary N) is 1. The molecule has 0 spiro atoms. The van der Waals surface area contributed by atoms with E-state index in [2.05, 4.69) is 5.32 Å². The van der Waals surface area contributed by atoms with Crippen molar-refractivity contribution >= 4 is 52.1 Å². The molecule has 3 aromatic rings. The van der Waals surface area contributed by atoms with Gasteiger partial charge in [-0.2, -0.15) is 0 Å². The highest BCUT2D eigenvalue weighted by molar-refractivity contribution is 14.1. The van der Waals surface area contributed by atoms with Gasteiger partial charge in [-0.1, -0.05) is 24.3 Å². The minimum absolute atomic E-state index is 0.00490. The molecule has 0 aromatic heterocycles. The number of rotatable bonds is 10. The molecule has 10 nitrogen and oxygen atoms in total. The van der Waals surface area contributed by atoms with Crippen LogP contribution in [0.2, 0.25) is 0 Å². The van der Waals surface area contributed by atoms with E-state index < -0.39 is 36.0 Å². The van der Waals surface area contributed by atoms with Crippen molar-refractivity contribution in [1.29, 1.82) is 0 Å². The van der Waals surface area contributed by atoms with E-state index >= 15 is 0 Å². The number of amides is 1. The second kappa shape index (κ2) is 12.7. The first-order valence-electron chi connectivity index (χ1n) is 10.7. The average molecular weight is 619 g/mol. The number of carbonyl (C=O) groups is 4. The number of para-hydroxylation sites is 1. The predicted molar refractivity (Wildman–Crippen MR) is 140 cm³/mol. The molecule has 37 heavy (non-hydrogen) atoms. The van der Waals surface area contributed by atoms with E-state index in [1.807, 2.05) is 22.6 Å². The van der Waals surface area contributed by atoms with Gasteiger partial charge in [0.2, 0.25) is 12.2 Å². The summed E-state index contributed by atoms with van der Waals surface area (Å²) < 4.78 is 21.3. The van der Waals surface area contributed by atoms with E-state index in [4.69, 9.17) is 18.9 Å². The molecule has 0 fully saturated rings. The maximum Gasteiger partial charge on any atom is 0.349 e. The Morgan fingerprint density at radius 3 is 1.76 bits per heavy atom. The topological polar surface area (TPSA) is 137 Å². The molecular weight excluding hydrogens is 597 g/mol. The summed E-state index contributed by atoms with van der Waals surface area (Å²) in [6.45, 7) is 0. The van der Waals surface area contributed by atoms with Gasteiger partial charge in [0.15, 0.2) is 0 Å². The van der Waals surface area contributed by atoms with Crippen molar-refractivity contribution in [3.05, 3.63) is 87.5 Å². The summed E-state index contributed by atoms with van der Waals surface area (Å²) in [7, 11) is 2.80. The van der Waals surface area contributed by atoms with Crippen molar-refractivity contribution in [3.8, 4) is 11.5 Å². The zero-order chi connectivity index (χ0) is 26.9. The zero-order valence-electron chi connectivity index (χ0n) is 19.7.